The summed E-state index contributed by atoms with van der Waals surface area (Å²) in [7, 11) is 0. The van der Waals surface area contributed by atoms with E-state index in [1.165, 1.54) is 18.6 Å². The lowest BCUT2D eigenvalue weighted by Gasteiger charge is -2.27. The molecule has 0 aliphatic heterocycles. The Balaban J connectivity index is 2.70. The smallest absolute Gasteiger partial charge is 0.305 e. The minimum Gasteiger partial charge on any atom is -0.481 e. The Labute approximate surface area is 93.4 Å². The van der Waals surface area contributed by atoms with Gasteiger partial charge in [0, 0.05) is 5.54 Å². The Bertz CT molecular complexity index is 371. The molecule has 1 aromatic heterocycles. The number of carbonyl (C=O) groups is 2. The molecule has 0 fully saturated rings. The van der Waals surface area contributed by atoms with Gasteiger partial charge in [0.05, 0.1) is 18.2 Å². The van der Waals surface area contributed by atoms with Crippen LogP contribution in [0.1, 0.15) is 37.0 Å². The summed E-state index contributed by atoms with van der Waals surface area (Å²) in [5, 5.41) is 11.5. The van der Waals surface area contributed by atoms with E-state index in [0.29, 0.717) is 12.0 Å². The van der Waals surface area contributed by atoms with E-state index in [9.17, 15) is 9.59 Å². The van der Waals surface area contributed by atoms with Gasteiger partial charge in [-0.2, -0.15) is 0 Å². The molecule has 0 spiro atoms. The number of rotatable bonds is 5. The van der Waals surface area contributed by atoms with Crippen LogP contribution >= 0.6 is 0 Å². The summed E-state index contributed by atoms with van der Waals surface area (Å²) in [4.78, 5) is 22.4. The molecule has 1 atom stereocenters. The standard InChI is InChI=1S/C11H15NO4/c1-3-11(2,6-9(13)14)12-10(15)8-4-5-16-7-8/h4-5,7H,3,6H2,1-2H3,(H,12,15)(H,13,14)/t11-/m1/s1. The predicted octanol–water partition coefficient (Wildman–Crippen LogP) is 1.65. The van der Waals surface area contributed by atoms with Crippen LogP contribution in [0.2, 0.25) is 0 Å². The number of aliphatic carboxylic acids is 1. The molecule has 0 saturated heterocycles. The molecule has 1 amide bonds. The molecular formula is C11H15NO4. The number of hydrogen-bond acceptors (Lipinski definition) is 3. The fourth-order valence-corrected chi connectivity index (χ4v) is 1.33. The second kappa shape index (κ2) is 4.83. The summed E-state index contributed by atoms with van der Waals surface area (Å²) in [6, 6.07) is 1.53. The van der Waals surface area contributed by atoms with Crippen molar-refractivity contribution in [1.29, 1.82) is 0 Å². The van der Waals surface area contributed by atoms with Crippen molar-refractivity contribution in [2.75, 3.05) is 0 Å². The van der Waals surface area contributed by atoms with Gasteiger partial charge in [-0.1, -0.05) is 6.92 Å². The summed E-state index contributed by atoms with van der Waals surface area (Å²) in [6.45, 7) is 3.54. The summed E-state index contributed by atoms with van der Waals surface area (Å²) in [5.41, 5.74) is -0.342. The molecule has 16 heavy (non-hydrogen) atoms. The lowest BCUT2D eigenvalue weighted by Crippen LogP contribution is -2.46. The SMILES string of the molecule is CC[C@](C)(CC(=O)O)NC(=O)c1ccoc1. The molecule has 5 nitrogen and oxygen atoms in total. The maximum atomic E-state index is 11.7. The van der Waals surface area contributed by atoms with Gasteiger partial charge in [-0.05, 0) is 19.4 Å². The third-order valence-electron chi connectivity index (χ3n) is 2.52. The van der Waals surface area contributed by atoms with Crippen LogP contribution in [0, 0.1) is 0 Å². The second-order valence-corrected chi connectivity index (χ2v) is 3.95. The third-order valence-corrected chi connectivity index (χ3v) is 2.52. The van der Waals surface area contributed by atoms with Crippen molar-refractivity contribution in [2.24, 2.45) is 0 Å². The number of hydrogen-bond donors (Lipinski definition) is 2. The average Bonchev–Trinajstić information content (AvgIpc) is 2.69. The first kappa shape index (κ1) is 12.3. The summed E-state index contributed by atoms with van der Waals surface area (Å²) < 4.78 is 4.79. The summed E-state index contributed by atoms with van der Waals surface area (Å²) >= 11 is 0. The fourth-order valence-electron chi connectivity index (χ4n) is 1.33. The van der Waals surface area contributed by atoms with Crippen molar-refractivity contribution in [3.8, 4) is 0 Å². The molecule has 0 aliphatic carbocycles. The topological polar surface area (TPSA) is 79.5 Å². The molecular weight excluding hydrogens is 210 g/mol. The summed E-state index contributed by atoms with van der Waals surface area (Å²) in [5.74, 6) is -1.25. The molecule has 0 bridgehead atoms. The van der Waals surface area contributed by atoms with Crippen LogP contribution in [0.5, 0.6) is 0 Å². The van der Waals surface area contributed by atoms with Crippen molar-refractivity contribution < 1.29 is 19.1 Å². The van der Waals surface area contributed by atoms with Gasteiger partial charge in [0.2, 0.25) is 0 Å². The van der Waals surface area contributed by atoms with Crippen molar-refractivity contribution in [1.82, 2.24) is 5.32 Å². The number of amides is 1. The minimum absolute atomic E-state index is 0.104. The minimum atomic E-state index is -0.933. The summed E-state index contributed by atoms with van der Waals surface area (Å²) in [6.07, 6.45) is 3.16. The molecule has 0 saturated carbocycles. The van der Waals surface area contributed by atoms with Crippen LogP contribution in [-0.4, -0.2) is 22.5 Å². The highest BCUT2D eigenvalue weighted by molar-refractivity contribution is 5.94. The van der Waals surface area contributed by atoms with E-state index in [0.717, 1.165) is 0 Å². The van der Waals surface area contributed by atoms with Crippen LogP contribution in [0.4, 0.5) is 0 Å². The van der Waals surface area contributed by atoms with Gasteiger partial charge < -0.3 is 14.8 Å². The molecule has 88 valence electrons. The van der Waals surface area contributed by atoms with Gasteiger partial charge in [0.1, 0.15) is 6.26 Å². The quantitative estimate of drug-likeness (QED) is 0.798. The molecule has 0 unspecified atom stereocenters. The number of furan rings is 1. The van der Waals surface area contributed by atoms with Gasteiger partial charge in [-0.3, -0.25) is 9.59 Å². The lowest BCUT2D eigenvalue weighted by molar-refractivity contribution is -0.138. The fraction of sp³-hybridized carbons (Fsp3) is 0.455. The maximum absolute atomic E-state index is 11.7. The van der Waals surface area contributed by atoms with E-state index in [4.69, 9.17) is 9.52 Å². The van der Waals surface area contributed by atoms with E-state index >= 15 is 0 Å². The van der Waals surface area contributed by atoms with Crippen molar-refractivity contribution >= 4 is 11.9 Å². The van der Waals surface area contributed by atoms with E-state index in [1.807, 2.05) is 6.92 Å². The third kappa shape index (κ3) is 3.12. The Morgan fingerprint density at radius 1 is 1.56 bits per heavy atom. The van der Waals surface area contributed by atoms with Crippen molar-refractivity contribution in [3.05, 3.63) is 24.2 Å². The van der Waals surface area contributed by atoms with Crippen LogP contribution in [0.25, 0.3) is 0 Å². The molecule has 2 N–H and O–H groups in total. The molecule has 0 aliphatic rings. The highest BCUT2D eigenvalue weighted by atomic mass is 16.4. The zero-order valence-corrected chi connectivity index (χ0v) is 9.32. The van der Waals surface area contributed by atoms with Crippen molar-refractivity contribution in [2.45, 2.75) is 32.2 Å². The van der Waals surface area contributed by atoms with Gasteiger partial charge in [0.25, 0.3) is 5.91 Å². The normalized spacial score (nSPS) is 14.1. The first-order valence-electron chi connectivity index (χ1n) is 5.03. The van der Waals surface area contributed by atoms with Crippen LogP contribution in [-0.2, 0) is 4.79 Å². The molecule has 1 aromatic rings. The Morgan fingerprint density at radius 2 is 2.25 bits per heavy atom. The zero-order valence-electron chi connectivity index (χ0n) is 9.32. The van der Waals surface area contributed by atoms with Crippen molar-refractivity contribution in [3.63, 3.8) is 0 Å². The van der Waals surface area contributed by atoms with Gasteiger partial charge >= 0.3 is 5.97 Å². The molecule has 5 heteroatoms. The lowest BCUT2D eigenvalue weighted by atomic mass is 9.94. The van der Waals surface area contributed by atoms with Gasteiger partial charge in [-0.15, -0.1) is 0 Å². The maximum Gasteiger partial charge on any atom is 0.305 e. The van der Waals surface area contributed by atoms with Gasteiger partial charge in [0.15, 0.2) is 0 Å². The highest BCUT2D eigenvalue weighted by Crippen LogP contribution is 2.15. The molecule has 1 rings (SSSR count). The number of carbonyl (C=O) groups excluding carboxylic acids is 1. The monoisotopic (exact) mass is 225 g/mol. The van der Waals surface area contributed by atoms with Crippen LogP contribution in [0.15, 0.2) is 23.0 Å². The first-order chi connectivity index (χ1) is 7.47. The van der Waals surface area contributed by atoms with E-state index in [2.05, 4.69) is 5.32 Å². The number of nitrogens with one attached hydrogen (secondary N) is 1. The Hall–Kier alpha value is -1.78. The number of carboxylic acids is 1. The average molecular weight is 225 g/mol. The Kier molecular flexibility index (Phi) is 3.71. The predicted molar refractivity (Wildman–Crippen MR) is 57.1 cm³/mol. The van der Waals surface area contributed by atoms with E-state index in [-0.39, 0.29) is 12.3 Å². The van der Waals surface area contributed by atoms with Gasteiger partial charge in [-0.25, -0.2) is 0 Å². The number of carboxylic acid groups (broad SMARTS) is 1. The largest absolute Gasteiger partial charge is 0.481 e. The van der Waals surface area contributed by atoms with Crippen LogP contribution in [0.3, 0.4) is 0 Å². The highest BCUT2D eigenvalue weighted by Gasteiger charge is 2.28. The Morgan fingerprint density at radius 3 is 2.69 bits per heavy atom. The molecule has 1 heterocycles. The van der Waals surface area contributed by atoms with E-state index < -0.39 is 11.5 Å². The first-order valence-corrected chi connectivity index (χ1v) is 5.03. The molecule has 0 radical (unpaired) electrons. The van der Waals surface area contributed by atoms with Crippen LogP contribution < -0.4 is 5.32 Å². The van der Waals surface area contributed by atoms with E-state index in [1.54, 1.807) is 6.92 Å². The second-order valence-electron chi connectivity index (χ2n) is 3.95. The zero-order chi connectivity index (χ0) is 12.2. The molecule has 0 aromatic carbocycles.